The van der Waals surface area contributed by atoms with Gasteiger partial charge in [0.25, 0.3) is 0 Å². The van der Waals surface area contributed by atoms with Crippen LogP contribution in [-0.4, -0.2) is 0 Å². The average Bonchev–Trinajstić information content (AvgIpc) is 3.58. The van der Waals surface area contributed by atoms with Crippen molar-refractivity contribution in [3.63, 3.8) is 0 Å². The van der Waals surface area contributed by atoms with Gasteiger partial charge in [-0.15, -0.1) is 0 Å². The molecule has 0 amide bonds. The van der Waals surface area contributed by atoms with Gasteiger partial charge < -0.3 is 4.42 Å². The maximum absolute atomic E-state index is 9.57. The second-order valence-corrected chi connectivity index (χ2v) is 10.5. The van der Waals surface area contributed by atoms with Crippen LogP contribution in [0.3, 0.4) is 0 Å². The Hall–Kier alpha value is -5.66. The Morgan fingerprint density at radius 1 is 0.395 bits per heavy atom. The molecule has 8 aromatic carbocycles. The normalized spacial score (nSPS) is 14.7. The zero-order valence-electron chi connectivity index (χ0n) is 31.7. The minimum atomic E-state index is -0.534. The molecule has 0 N–H and O–H groups in total. The number of rotatable bonds is 3. The number of fused-ring (bicyclic) bond motifs is 7. The van der Waals surface area contributed by atoms with Crippen molar-refractivity contribution in [1.29, 1.82) is 0 Å². The Balaban J connectivity index is 1.38. The molecule has 0 bridgehead atoms. The van der Waals surface area contributed by atoms with E-state index in [1.807, 2.05) is 66.7 Å². The summed E-state index contributed by atoms with van der Waals surface area (Å²) in [5.74, 6) is 0. The highest BCUT2D eigenvalue weighted by Crippen LogP contribution is 2.45. The van der Waals surface area contributed by atoms with Crippen LogP contribution in [-0.2, 0) is 0 Å². The fourth-order valence-corrected chi connectivity index (χ4v) is 6.20. The van der Waals surface area contributed by atoms with Crippen LogP contribution in [0.2, 0.25) is 0 Å². The molecule has 0 spiro atoms. The van der Waals surface area contributed by atoms with E-state index in [0.717, 1.165) is 43.8 Å². The summed E-state index contributed by atoms with van der Waals surface area (Å²) in [6, 6.07) is 30.6. The smallest absolute Gasteiger partial charge is 0.143 e. The summed E-state index contributed by atoms with van der Waals surface area (Å²) in [7, 11) is 0. The lowest BCUT2D eigenvalue weighted by Crippen LogP contribution is -1.91. The summed E-state index contributed by atoms with van der Waals surface area (Å²) in [5, 5.41) is 3.04. The van der Waals surface area contributed by atoms with Crippen molar-refractivity contribution in [1.82, 2.24) is 0 Å². The first-order chi connectivity index (χ1) is 25.1. The molecule has 0 atom stereocenters. The highest BCUT2D eigenvalue weighted by Gasteiger charge is 2.18. The van der Waals surface area contributed by atoms with E-state index in [9.17, 15) is 4.11 Å². The summed E-state index contributed by atoms with van der Waals surface area (Å²) in [6.45, 7) is 0. The largest absolute Gasteiger partial charge is 0.455 e. The molecule has 0 aliphatic carbocycles. The Kier molecular flexibility index (Phi) is 3.67. The van der Waals surface area contributed by atoms with E-state index in [1.165, 1.54) is 0 Å². The molecule has 0 fully saturated rings. The van der Waals surface area contributed by atoms with E-state index in [-0.39, 0.29) is 56.4 Å². The van der Waals surface area contributed by atoms with Gasteiger partial charge in [-0.1, -0.05) is 139 Å². The first-order valence-corrected chi connectivity index (χ1v) is 14.0. The summed E-state index contributed by atoms with van der Waals surface area (Å²) in [4.78, 5) is 0. The molecule has 1 heterocycles. The monoisotopic (exact) mass is 555 g/mol. The molecule has 0 saturated carbocycles. The van der Waals surface area contributed by atoms with Crippen LogP contribution in [0.1, 0.15) is 12.3 Å². The topological polar surface area (TPSA) is 13.1 Å². The summed E-state index contributed by atoms with van der Waals surface area (Å²) >= 11 is 0. The lowest BCUT2D eigenvalue weighted by atomic mass is 9.85. The van der Waals surface area contributed by atoms with Gasteiger partial charge in [-0.05, 0) is 78.4 Å². The van der Waals surface area contributed by atoms with Gasteiger partial charge in [-0.25, -0.2) is 0 Å². The molecule has 1 aromatic heterocycles. The standard InChI is InChI=1S/C42H26O/c1-2-10-27(11-3-1)28-18-20-30(21-19-28)40-34-14-6-8-16-36(34)41(37-17-9-7-15-35(37)40)31-23-24-33-38-25-22-29-12-4-5-13-32(29)42(38)43-39(33)26-31/h1-26H/i4D,5D,12D,13D,22D,23D,24D,25D,26D. The molecular formula is C42H26O. The van der Waals surface area contributed by atoms with E-state index in [2.05, 4.69) is 36.4 Å². The van der Waals surface area contributed by atoms with Crippen LogP contribution >= 0.6 is 0 Å². The van der Waals surface area contributed by atoms with Crippen LogP contribution in [0.4, 0.5) is 0 Å². The minimum absolute atomic E-state index is 0.00898. The maximum atomic E-state index is 9.57. The minimum Gasteiger partial charge on any atom is -0.455 e. The lowest BCUT2D eigenvalue weighted by Gasteiger charge is -2.18. The van der Waals surface area contributed by atoms with Gasteiger partial charge in [0.05, 0.1) is 12.3 Å². The lowest BCUT2D eigenvalue weighted by molar-refractivity contribution is 0.673. The third-order valence-electron chi connectivity index (χ3n) is 8.15. The molecule has 0 unspecified atom stereocenters. The van der Waals surface area contributed by atoms with Crippen LogP contribution in [0.15, 0.2) is 162 Å². The van der Waals surface area contributed by atoms with E-state index in [4.69, 9.17) is 12.6 Å². The molecule has 1 nitrogen and oxygen atoms in total. The number of hydrogen-bond donors (Lipinski definition) is 0. The fraction of sp³-hybridized carbons (Fsp3) is 0. The highest BCUT2D eigenvalue weighted by atomic mass is 16.3. The van der Waals surface area contributed by atoms with Gasteiger partial charge >= 0.3 is 0 Å². The second-order valence-electron chi connectivity index (χ2n) is 10.5. The van der Waals surface area contributed by atoms with E-state index in [1.54, 1.807) is 0 Å². The van der Waals surface area contributed by atoms with Gasteiger partial charge in [0.15, 0.2) is 0 Å². The molecule has 43 heavy (non-hydrogen) atoms. The fourth-order valence-electron chi connectivity index (χ4n) is 6.20. The number of furan rings is 1. The third kappa shape index (κ3) is 3.72. The van der Waals surface area contributed by atoms with E-state index < -0.39 is 36.3 Å². The predicted molar refractivity (Wildman–Crippen MR) is 183 cm³/mol. The maximum Gasteiger partial charge on any atom is 0.143 e. The van der Waals surface area contributed by atoms with Crippen LogP contribution < -0.4 is 0 Å². The van der Waals surface area contributed by atoms with Gasteiger partial charge in [0, 0.05) is 16.2 Å². The molecule has 0 saturated heterocycles. The molecule has 1 heteroatoms. The first kappa shape index (κ1) is 16.7. The molecule has 0 aliphatic heterocycles. The second kappa shape index (κ2) is 9.44. The van der Waals surface area contributed by atoms with Gasteiger partial charge in [0.1, 0.15) is 11.2 Å². The van der Waals surface area contributed by atoms with Crippen molar-refractivity contribution >= 4 is 54.3 Å². The molecule has 9 aromatic rings. The van der Waals surface area contributed by atoms with Crippen molar-refractivity contribution in [2.75, 3.05) is 0 Å². The molecule has 200 valence electrons. The molecular weight excluding hydrogens is 520 g/mol. The van der Waals surface area contributed by atoms with Crippen molar-refractivity contribution in [3.8, 4) is 33.4 Å². The van der Waals surface area contributed by atoms with Crippen molar-refractivity contribution in [2.24, 2.45) is 0 Å². The predicted octanol–water partition coefficient (Wildman–Crippen LogP) is 12.0. The van der Waals surface area contributed by atoms with Crippen molar-refractivity contribution in [3.05, 3.63) is 158 Å². The SMILES string of the molecule is [2H]c1c([2H])c([2H])c2c(c1[2H])c([2H])c([2H])c1c2oc2c([2H])c(-c3c4ccccc4c(-c4ccc(-c5ccccc5)cc4)c4ccccc34)c([2H])c([2H])c21. The molecule has 0 radical (unpaired) electrons. The Labute approximate surface area is 261 Å². The number of hydrogen-bond acceptors (Lipinski definition) is 1. The Morgan fingerprint density at radius 2 is 0.953 bits per heavy atom. The number of benzene rings is 8. The zero-order chi connectivity index (χ0) is 36.2. The van der Waals surface area contributed by atoms with E-state index in [0.29, 0.717) is 5.56 Å². The van der Waals surface area contributed by atoms with Crippen LogP contribution in [0.5, 0.6) is 0 Å². The highest BCUT2D eigenvalue weighted by molar-refractivity contribution is 6.22. The quantitative estimate of drug-likeness (QED) is 0.198. The molecule has 0 aliphatic rings. The Bertz CT molecular complexity index is 2930. The van der Waals surface area contributed by atoms with Gasteiger partial charge in [0.2, 0.25) is 0 Å². The molecule has 9 rings (SSSR count). The summed E-state index contributed by atoms with van der Waals surface area (Å²) in [6.07, 6.45) is 0. The summed E-state index contributed by atoms with van der Waals surface area (Å²) in [5.41, 5.74) is 4.74. The van der Waals surface area contributed by atoms with Gasteiger partial charge in [-0.3, -0.25) is 0 Å². The zero-order valence-corrected chi connectivity index (χ0v) is 22.7. The van der Waals surface area contributed by atoms with Crippen LogP contribution in [0, 0.1) is 0 Å². The average molecular weight is 556 g/mol. The first-order valence-electron chi connectivity index (χ1n) is 18.5. The summed E-state index contributed by atoms with van der Waals surface area (Å²) < 4.78 is 85.8. The van der Waals surface area contributed by atoms with Crippen molar-refractivity contribution < 1.29 is 16.8 Å². The van der Waals surface area contributed by atoms with E-state index >= 15 is 0 Å². The van der Waals surface area contributed by atoms with Crippen LogP contribution in [0.25, 0.3) is 87.6 Å². The Morgan fingerprint density at radius 3 is 1.65 bits per heavy atom. The van der Waals surface area contributed by atoms with Crippen molar-refractivity contribution in [2.45, 2.75) is 0 Å². The third-order valence-corrected chi connectivity index (χ3v) is 8.15. The van der Waals surface area contributed by atoms with Gasteiger partial charge in [-0.2, -0.15) is 0 Å².